The van der Waals surface area contributed by atoms with Gasteiger partial charge < -0.3 is 9.73 Å². The number of hydrogen-bond donors (Lipinski definition) is 1. The Bertz CT molecular complexity index is 485. The highest BCUT2D eigenvalue weighted by molar-refractivity contribution is 5.78. The largest absolute Gasteiger partial charge is 0.461 e. The van der Waals surface area contributed by atoms with E-state index in [9.17, 15) is 0 Å². The van der Waals surface area contributed by atoms with Crippen LogP contribution in [0.2, 0.25) is 0 Å². The summed E-state index contributed by atoms with van der Waals surface area (Å²) in [5.41, 5.74) is 2.29. The minimum absolute atomic E-state index is 0.563. The van der Waals surface area contributed by atoms with E-state index in [1.165, 1.54) is 10.9 Å². The number of fused-ring (bicyclic) bond motifs is 1. The number of rotatable bonds is 5. The van der Waals surface area contributed by atoms with Crippen molar-refractivity contribution in [2.45, 2.75) is 39.7 Å². The molecule has 0 radical (unpaired) electrons. The van der Waals surface area contributed by atoms with Crippen molar-refractivity contribution in [1.82, 2.24) is 5.32 Å². The fourth-order valence-corrected chi connectivity index (χ4v) is 1.99. The van der Waals surface area contributed by atoms with Crippen molar-refractivity contribution in [3.8, 4) is 0 Å². The van der Waals surface area contributed by atoms with Gasteiger partial charge in [0.1, 0.15) is 11.3 Å². The standard InChI is InChI=1S/C15H21NO/c1-11(2)16-8-4-5-14-10-13-9-12(3)6-7-15(13)17-14/h6-7,9-11,16H,4-5,8H2,1-3H3. The Hall–Kier alpha value is -1.28. The van der Waals surface area contributed by atoms with Gasteiger partial charge in [-0.15, -0.1) is 0 Å². The number of aryl methyl sites for hydroxylation is 2. The van der Waals surface area contributed by atoms with Crippen LogP contribution in [0.25, 0.3) is 11.0 Å². The van der Waals surface area contributed by atoms with Gasteiger partial charge in [0.05, 0.1) is 0 Å². The van der Waals surface area contributed by atoms with E-state index in [1.54, 1.807) is 0 Å². The predicted octanol–water partition coefficient (Wildman–Crippen LogP) is 3.67. The first-order valence-electron chi connectivity index (χ1n) is 6.37. The van der Waals surface area contributed by atoms with Crippen LogP contribution in [0.3, 0.4) is 0 Å². The first-order chi connectivity index (χ1) is 8.15. The second-order valence-electron chi connectivity index (χ2n) is 4.97. The van der Waals surface area contributed by atoms with Crippen molar-refractivity contribution >= 4 is 11.0 Å². The van der Waals surface area contributed by atoms with E-state index in [-0.39, 0.29) is 0 Å². The number of hydrogen-bond acceptors (Lipinski definition) is 2. The lowest BCUT2D eigenvalue weighted by Crippen LogP contribution is -2.23. The summed E-state index contributed by atoms with van der Waals surface area (Å²) < 4.78 is 5.80. The summed E-state index contributed by atoms with van der Waals surface area (Å²) in [6.07, 6.45) is 2.13. The van der Waals surface area contributed by atoms with Crippen molar-refractivity contribution in [2.24, 2.45) is 0 Å². The Labute approximate surface area is 103 Å². The van der Waals surface area contributed by atoms with Gasteiger partial charge in [-0.05, 0) is 38.1 Å². The molecular formula is C15H21NO. The van der Waals surface area contributed by atoms with Gasteiger partial charge in [0.2, 0.25) is 0 Å². The molecule has 2 rings (SSSR count). The molecule has 0 fully saturated rings. The summed E-state index contributed by atoms with van der Waals surface area (Å²) in [6.45, 7) is 7.50. The van der Waals surface area contributed by atoms with Gasteiger partial charge in [-0.25, -0.2) is 0 Å². The lowest BCUT2D eigenvalue weighted by molar-refractivity contribution is 0.514. The highest BCUT2D eigenvalue weighted by Gasteiger charge is 2.03. The zero-order valence-electron chi connectivity index (χ0n) is 10.9. The Morgan fingerprint density at radius 1 is 1.24 bits per heavy atom. The van der Waals surface area contributed by atoms with Gasteiger partial charge in [0.15, 0.2) is 0 Å². The molecule has 0 saturated heterocycles. The highest BCUT2D eigenvalue weighted by atomic mass is 16.3. The topological polar surface area (TPSA) is 25.2 Å². The van der Waals surface area contributed by atoms with Gasteiger partial charge in [0.25, 0.3) is 0 Å². The molecule has 0 aliphatic heterocycles. The summed E-state index contributed by atoms with van der Waals surface area (Å²) in [7, 11) is 0. The van der Waals surface area contributed by atoms with Crippen molar-refractivity contribution in [2.75, 3.05) is 6.54 Å². The van der Waals surface area contributed by atoms with Crippen LogP contribution in [-0.2, 0) is 6.42 Å². The Morgan fingerprint density at radius 2 is 2.06 bits per heavy atom. The molecule has 0 spiro atoms. The van der Waals surface area contributed by atoms with Crippen LogP contribution in [0.1, 0.15) is 31.6 Å². The molecule has 0 aliphatic rings. The van der Waals surface area contributed by atoms with Crippen LogP contribution in [0.5, 0.6) is 0 Å². The van der Waals surface area contributed by atoms with E-state index >= 15 is 0 Å². The second kappa shape index (κ2) is 5.37. The van der Waals surface area contributed by atoms with Crippen LogP contribution < -0.4 is 5.32 Å². The SMILES string of the molecule is Cc1ccc2oc(CCCNC(C)C)cc2c1. The van der Waals surface area contributed by atoms with Gasteiger partial charge in [0, 0.05) is 17.8 Å². The summed E-state index contributed by atoms with van der Waals surface area (Å²) in [5, 5.41) is 4.64. The van der Waals surface area contributed by atoms with Crippen molar-refractivity contribution in [3.05, 3.63) is 35.6 Å². The normalized spacial score (nSPS) is 11.5. The number of benzene rings is 1. The molecule has 92 valence electrons. The van der Waals surface area contributed by atoms with Crippen LogP contribution in [0.4, 0.5) is 0 Å². The van der Waals surface area contributed by atoms with E-state index in [0.717, 1.165) is 30.7 Å². The van der Waals surface area contributed by atoms with E-state index in [2.05, 4.69) is 50.4 Å². The fourth-order valence-electron chi connectivity index (χ4n) is 1.99. The third kappa shape index (κ3) is 3.34. The maximum absolute atomic E-state index is 5.80. The smallest absolute Gasteiger partial charge is 0.134 e. The molecule has 2 heteroatoms. The molecule has 1 N–H and O–H groups in total. The molecule has 0 unspecified atom stereocenters. The van der Waals surface area contributed by atoms with Gasteiger partial charge >= 0.3 is 0 Å². The molecule has 0 bridgehead atoms. The van der Waals surface area contributed by atoms with Crippen molar-refractivity contribution in [1.29, 1.82) is 0 Å². The average molecular weight is 231 g/mol. The summed E-state index contributed by atoms with van der Waals surface area (Å²) in [6, 6.07) is 9.05. The minimum Gasteiger partial charge on any atom is -0.461 e. The Morgan fingerprint density at radius 3 is 2.82 bits per heavy atom. The summed E-state index contributed by atoms with van der Waals surface area (Å²) >= 11 is 0. The molecular weight excluding hydrogens is 210 g/mol. The third-order valence-electron chi connectivity index (χ3n) is 2.88. The van der Waals surface area contributed by atoms with E-state index in [0.29, 0.717) is 6.04 Å². The monoisotopic (exact) mass is 231 g/mol. The van der Waals surface area contributed by atoms with Gasteiger partial charge in [-0.1, -0.05) is 25.5 Å². The van der Waals surface area contributed by atoms with Crippen LogP contribution in [-0.4, -0.2) is 12.6 Å². The molecule has 0 aliphatic carbocycles. The molecule has 0 atom stereocenters. The zero-order valence-corrected chi connectivity index (χ0v) is 10.9. The molecule has 1 heterocycles. The highest BCUT2D eigenvalue weighted by Crippen LogP contribution is 2.21. The van der Waals surface area contributed by atoms with Crippen molar-refractivity contribution in [3.63, 3.8) is 0 Å². The van der Waals surface area contributed by atoms with Gasteiger partial charge in [-0.3, -0.25) is 0 Å². The predicted molar refractivity (Wildman–Crippen MR) is 72.4 cm³/mol. The third-order valence-corrected chi connectivity index (χ3v) is 2.88. The average Bonchev–Trinajstić information content (AvgIpc) is 2.66. The molecule has 17 heavy (non-hydrogen) atoms. The van der Waals surface area contributed by atoms with Crippen LogP contribution in [0.15, 0.2) is 28.7 Å². The maximum Gasteiger partial charge on any atom is 0.134 e. The van der Waals surface area contributed by atoms with Gasteiger partial charge in [-0.2, -0.15) is 0 Å². The van der Waals surface area contributed by atoms with E-state index in [4.69, 9.17) is 4.42 Å². The lowest BCUT2D eigenvalue weighted by Gasteiger charge is -2.06. The maximum atomic E-state index is 5.80. The molecule has 1 aromatic heterocycles. The quantitative estimate of drug-likeness (QED) is 0.794. The first kappa shape index (κ1) is 12.2. The van der Waals surface area contributed by atoms with Crippen LogP contribution in [0, 0.1) is 6.92 Å². The molecule has 2 nitrogen and oxygen atoms in total. The number of furan rings is 1. The Balaban J connectivity index is 1.95. The summed E-state index contributed by atoms with van der Waals surface area (Å²) in [5.74, 6) is 1.09. The minimum atomic E-state index is 0.563. The zero-order chi connectivity index (χ0) is 12.3. The van der Waals surface area contributed by atoms with Crippen molar-refractivity contribution < 1.29 is 4.42 Å². The molecule has 0 saturated carbocycles. The lowest BCUT2D eigenvalue weighted by atomic mass is 10.1. The summed E-state index contributed by atoms with van der Waals surface area (Å²) in [4.78, 5) is 0. The first-order valence-corrected chi connectivity index (χ1v) is 6.37. The Kier molecular flexibility index (Phi) is 3.85. The molecule has 1 aromatic carbocycles. The van der Waals surface area contributed by atoms with E-state index in [1.807, 2.05) is 0 Å². The fraction of sp³-hybridized carbons (Fsp3) is 0.467. The molecule has 0 amide bonds. The second-order valence-corrected chi connectivity index (χ2v) is 4.97. The number of nitrogens with one attached hydrogen (secondary N) is 1. The van der Waals surface area contributed by atoms with Crippen LogP contribution >= 0.6 is 0 Å². The molecule has 2 aromatic rings. The van der Waals surface area contributed by atoms with E-state index < -0.39 is 0 Å².